The number of amides is 2. The molecule has 3 rings (SSSR count). The maximum Gasteiger partial charge on any atom is 0.254 e. The monoisotopic (exact) mass is 354 g/mol. The van der Waals surface area contributed by atoms with Crippen molar-refractivity contribution in [1.82, 2.24) is 9.80 Å². The summed E-state index contributed by atoms with van der Waals surface area (Å²) in [6.45, 7) is 2.05. The van der Waals surface area contributed by atoms with Crippen LogP contribution in [0.4, 0.5) is 0 Å². The molecule has 1 saturated heterocycles. The summed E-state index contributed by atoms with van der Waals surface area (Å²) >= 11 is 0. The molecule has 136 valence electrons. The number of hydrogen-bond donors (Lipinski definition) is 0. The van der Waals surface area contributed by atoms with Crippen LogP contribution in [0, 0.1) is 0 Å². The number of rotatable bonds is 4. The third kappa shape index (κ3) is 3.79. The Morgan fingerprint density at radius 3 is 1.81 bits per heavy atom. The fourth-order valence-corrected chi connectivity index (χ4v) is 2.97. The number of benzene rings is 2. The van der Waals surface area contributed by atoms with Crippen molar-refractivity contribution in [1.29, 1.82) is 0 Å². The molecule has 0 bridgehead atoms. The van der Waals surface area contributed by atoms with Gasteiger partial charge in [-0.15, -0.1) is 0 Å². The smallest absolute Gasteiger partial charge is 0.254 e. The first-order valence-electron chi connectivity index (χ1n) is 8.49. The Bertz CT molecular complexity index is 781. The van der Waals surface area contributed by atoms with E-state index in [1.165, 1.54) is 0 Å². The van der Waals surface area contributed by atoms with Gasteiger partial charge in [0.05, 0.1) is 14.2 Å². The van der Waals surface area contributed by atoms with E-state index in [0.29, 0.717) is 43.1 Å². The van der Waals surface area contributed by atoms with Gasteiger partial charge in [0.1, 0.15) is 11.5 Å². The molecule has 26 heavy (non-hydrogen) atoms. The van der Waals surface area contributed by atoms with Crippen LogP contribution in [0.3, 0.4) is 0 Å². The highest BCUT2D eigenvalue weighted by Gasteiger charge is 2.25. The van der Waals surface area contributed by atoms with Gasteiger partial charge >= 0.3 is 0 Å². The zero-order valence-corrected chi connectivity index (χ0v) is 15.0. The number of hydrogen-bond acceptors (Lipinski definition) is 4. The van der Waals surface area contributed by atoms with Gasteiger partial charge in [-0.25, -0.2) is 0 Å². The van der Waals surface area contributed by atoms with Crippen molar-refractivity contribution in [2.75, 3.05) is 40.4 Å². The van der Waals surface area contributed by atoms with Crippen molar-refractivity contribution < 1.29 is 19.1 Å². The van der Waals surface area contributed by atoms with Gasteiger partial charge in [0.25, 0.3) is 11.8 Å². The van der Waals surface area contributed by atoms with E-state index in [-0.39, 0.29) is 11.8 Å². The highest BCUT2D eigenvalue weighted by atomic mass is 16.5. The average Bonchev–Trinajstić information content (AvgIpc) is 2.73. The Kier molecular flexibility index (Phi) is 5.41. The Morgan fingerprint density at radius 1 is 0.731 bits per heavy atom. The van der Waals surface area contributed by atoms with Crippen molar-refractivity contribution >= 4 is 11.8 Å². The molecule has 2 amide bonds. The maximum atomic E-state index is 12.6. The van der Waals surface area contributed by atoms with Gasteiger partial charge in [0, 0.05) is 37.3 Å². The molecule has 2 aromatic carbocycles. The highest BCUT2D eigenvalue weighted by Crippen LogP contribution is 2.17. The summed E-state index contributed by atoms with van der Waals surface area (Å²) in [6, 6.07) is 14.2. The standard InChI is InChI=1S/C20H22N2O4/c1-25-17-8-6-15(7-9-17)19(23)21-10-12-22(13-11-21)20(24)16-4-3-5-18(14-16)26-2/h3-9,14H,10-13H2,1-2H3. The fraction of sp³-hybridized carbons (Fsp3) is 0.300. The van der Waals surface area contributed by atoms with Crippen LogP contribution in [0.2, 0.25) is 0 Å². The molecular formula is C20H22N2O4. The molecule has 0 aliphatic carbocycles. The van der Waals surface area contributed by atoms with Gasteiger partial charge in [0.2, 0.25) is 0 Å². The Morgan fingerprint density at radius 2 is 1.27 bits per heavy atom. The molecule has 6 heteroatoms. The first-order chi connectivity index (χ1) is 12.6. The predicted molar refractivity (Wildman–Crippen MR) is 97.8 cm³/mol. The molecule has 0 atom stereocenters. The second-order valence-electron chi connectivity index (χ2n) is 6.04. The van der Waals surface area contributed by atoms with Crippen LogP contribution in [-0.2, 0) is 0 Å². The Balaban J connectivity index is 1.61. The minimum absolute atomic E-state index is 0.0267. The van der Waals surface area contributed by atoms with E-state index in [1.54, 1.807) is 66.5 Å². The van der Waals surface area contributed by atoms with E-state index in [0.717, 1.165) is 5.75 Å². The summed E-state index contributed by atoms with van der Waals surface area (Å²) in [6.07, 6.45) is 0. The second kappa shape index (κ2) is 7.91. The lowest BCUT2D eigenvalue weighted by atomic mass is 10.1. The van der Waals surface area contributed by atoms with Crippen LogP contribution in [0.15, 0.2) is 48.5 Å². The number of piperazine rings is 1. The van der Waals surface area contributed by atoms with Gasteiger partial charge in [-0.3, -0.25) is 9.59 Å². The maximum absolute atomic E-state index is 12.6. The molecule has 0 spiro atoms. The molecule has 0 unspecified atom stereocenters. The summed E-state index contributed by atoms with van der Waals surface area (Å²) in [7, 11) is 3.17. The molecule has 0 aromatic heterocycles. The van der Waals surface area contributed by atoms with Crippen molar-refractivity contribution in [3.05, 3.63) is 59.7 Å². The molecule has 1 fully saturated rings. The third-order valence-corrected chi connectivity index (χ3v) is 4.51. The highest BCUT2D eigenvalue weighted by molar-refractivity contribution is 5.96. The number of ether oxygens (including phenoxy) is 2. The van der Waals surface area contributed by atoms with Crippen LogP contribution in [-0.4, -0.2) is 62.0 Å². The molecule has 2 aromatic rings. The Hall–Kier alpha value is -3.02. The van der Waals surface area contributed by atoms with Crippen molar-refractivity contribution in [3.8, 4) is 11.5 Å². The third-order valence-electron chi connectivity index (χ3n) is 4.51. The summed E-state index contributed by atoms with van der Waals surface area (Å²) < 4.78 is 10.3. The lowest BCUT2D eigenvalue weighted by Crippen LogP contribution is -2.50. The zero-order valence-electron chi connectivity index (χ0n) is 15.0. The first kappa shape index (κ1) is 17.8. The van der Waals surface area contributed by atoms with Gasteiger partial charge < -0.3 is 19.3 Å². The molecule has 1 aliphatic heterocycles. The summed E-state index contributed by atoms with van der Waals surface area (Å²) in [4.78, 5) is 28.8. The largest absolute Gasteiger partial charge is 0.497 e. The molecule has 1 aliphatic rings. The topological polar surface area (TPSA) is 59.1 Å². The summed E-state index contributed by atoms with van der Waals surface area (Å²) in [5.41, 5.74) is 1.22. The molecule has 0 N–H and O–H groups in total. The normalized spacial score (nSPS) is 14.1. The zero-order chi connectivity index (χ0) is 18.5. The minimum Gasteiger partial charge on any atom is -0.497 e. The van der Waals surface area contributed by atoms with Gasteiger partial charge in [0.15, 0.2) is 0 Å². The number of nitrogens with zero attached hydrogens (tertiary/aromatic N) is 2. The van der Waals surface area contributed by atoms with Crippen LogP contribution in [0.1, 0.15) is 20.7 Å². The van der Waals surface area contributed by atoms with Crippen LogP contribution >= 0.6 is 0 Å². The predicted octanol–water partition coefficient (Wildman–Crippen LogP) is 2.30. The van der Waals surface area contributed by atoms with E-state index in [4.69, 9.17) is 9.47 Å². The van der Waals surface area contributed by atoms with Crippen LogP contribution < -0.4 is 9.47 Å². The minimum atomic E-state index is -0.0413. The first-order valence-corrected chi connectivity index (χ1v) is 8.49. The van der Waals surface area contributed by atoms with Gasteiger partial charge in [-0.2, -0.15) is 0 Å². The van der Waals surface area contributed by atoms with Crippen molar-refractivity contribution in [2.24, 2.45) is 0 Å². The molecular weight excluding hydrogens is 332 g/mol. The van der Waals surface area contributed by atoms with E-state index < -0.39 is 0 Å². The number of methoxy groups -OCH3 is 2. The van der Waals surface area contributed by atoms with E-state index in [2.05, 4.69) is 0 Å². The SMILES string of the molecule is COc1ccc(C(=O)N2CCN(C(=O)c3cccc(OC)c3)CC2)cc1. The number of carbonyl (C=O) groups is 2. The number of carbonyl (C=O) groups excluding carboxylic acids is 2. The molecule has 1 heterocycles. The summed E-state index contributed by atoms with van der Waals surface area (Å²) in [5.74, 6) is 1.31. The molecule has 0 saturated carbocycles. The van der Waals surface area contributed by atoms with E-state index in [1.807, 2.05) is 6.07 Å². The fourth-order valence-electron chi connectivity index (χ4n) is 2.97. The molecule has 6 nitrogen and oxygen atoms in total. The Labute approximate surface area is 152 Å². The lowest BCUT2D eigenvalue weighted by Gasteiger charge is -2.35. The lowest BCUT2D eigenvalue weighted by molar-refractivity contribution is 0.0535. The van der Waals surface area contributed by atoms with E-state index >= 15 is 0 Å². The van der Waals surface area contributed by atoms with Crippen molar-refractivity contribution in [3.63, 3.8) is 0 Å². The van der Waals surface area contributed by atoms with Crippen LogP contribution in [0.5, 0.6) is 11.5 Å². The summed E-state index contributed by atoms with van der Waals surface area (Å²) in [5, 5.41) is 0. The van der Waals surface area contributed by atoms with Gasteiger partial charge in [-0.05, 0) is 42.5 Å². The van der Waals surface area contributed by atoms with Gasteiger partial charge in [-0.1, -0.05) is 6.07 Å². The second-order valence-corrected chi connectivity index (χ2v) is 6.04. The molecule has 0 radical (unpaired) electrons. The van der Waals surface area contributed by atoms with E-state index in [9.17, 15) is 9.59 Å². The van der Waals surface area contributed by atoms with Crippen molar-refractivity contribution in [2.45, 2.75) is 0 Å². The van der Waals surface area contributed by atoms with Crippen LogP contribution in [0.25, 0.3) is 0 Å². The average molecular weight is 354 g/mol. The quantitative estimate of drug-likeness (QED) is 0.845.